The Balaban J connectivity index is 2.64. The molecule has 2 aromatic rings. The van der Waals surface area contributed by atoms with Crippen LogP contribution >= 0.6 is 0 Å². The fraction of sp³-hybridized carbons (Fsp3) is 0.125. The molecule has 0 saturated carbocycles. The summed E-state index contributed by atoms with van der Waals surface area (Å²) < 4.78 is 5.57. The van der Waals surface area contributed by atoms with E-state index in [1.165, 1.54) is 0 Å². The minimum Gasteiger partial charge on any atom is -0.493 e. The van der Waals surface area contributed by atoms with Crippen molar-refractivity contribution in [2.24, 2.45) is 0 Å². The zero-order valence-electron chi connectivity index (χ0n) is 10.6. The SMILES string of the molecule is CCOc1cc2ccccc2cc1C=C(C#N)C#N. The number of fused-ring (bicyclic) bond motifs is 1. The van der Waals surface area contributed by atoms with Crippen LogP contribution in [0.3, 0.4) is 0 Å². The third-order valence-corrected chi connectivity index (χ3v) is 2.72. The molecular weight excluding hydrogens is 236 g/mol. The van der Waals surface area contributed by atoms with Crippen LogP contribution < -0.4 is 4.74 Å². The lowest BCUT2D eigenvalue weighted by Crippen LogP contribution is -1.94. The lowest BCUT2D eigenvalue weighted by Gasteiger charge is -2.09. The highest BCUT2D eigenvalue weighted by Gasteiger charge is 2.05. The van der Waals surface area contributed by atoms with E-state index in [1.807, 2.05) is 55.5 Å². The molecule has 2 aromatic carbocycles. The second-order valence-corrected chi connectivity index (χ2v) is 3.95. The van der Waals surface area contributed by atoms with E-state index in [1.54, 1.807) is 6.08 Å². The number of benzene rings is 2. The zero-order chi connectivity index (χ0) is 13.7. The van der Waals surface area contributed by atoms with Gasteiger partial charge in [-0.3, -0.25) is 0 Å². The molecule has 0 amide bonds. The molecule has 2 rings (SSSR count). The van der Waals surface area contributed by atoms with Gasteiger partial charge in [0.2, 0.25) is 0 Å². The van der Waals surface area contributed by atoms with Crippen LogP contribution in [0.5, 0.6) is 5.75 Å². The number of allylic oxidation sites excluding steroid dienone is 1. The Morgan fingerprint density at radius 1 is 1.16 bits per heavy atom. The van der Waals surface area contributed by atoms with E-state index >= 15 is 0 Å². The molecule has 92 valence electrons. The maximum atomic E-state index is 8.84. The first-order chi connectivity index (χ1) is 9.28. The molecule has 0 atom stereocenters. The molecule has 0 saturated heterocycles. The Morgan fingerprint density at radius 2 is 1.79 bits per heavy atom. The summed E-state index contributed by atoms with van der Waals surface area (Å²) in [6, 6.07) is 15.5. The highest BCUT2D eigenvalue weighted by atomic mass is 16.5. The van der Waals surface area contributed by atoms with Crippen molar-refractivity contribution in [1.82, 2.24) is 0 Å². The summed E-state index contributed by atoms with van der Waals surface area (Å²) in [4.78, 5) is 0. The molecule has 0 aliphatic rings. The van der Waals surface area contributed by atoms with Crippen molar-refractivity contribution in [2.45, 2.75) is 6.92 Å². The second-order valence-electron chi connectivity index (χ2n) is 3.95. The normalized spacial score (nSPS) is 9.42. The predicted molar refractivity (Wildman–Crippen MR) is 74.3 cm³/mol. The molecule has 0 aliphatic heterocycles. The van der Waals surface area contributed by atoms with Crippen molar-refractivity contribution >= 4 is 16.8 Å². The molecule has 0 unspecified atom stereocenters. The van der Waals surface area contributed by atoms with Crippen LogP contribution in [0, 0.1) is 22.7 Å². The topological polar surface area (TPSA) is 56.8 Å². The average Bonchev–Trinajstić information content (AvgIpc) is 2.45. The van der Waals surface area contributed by atoms with Gasteiger partial charge in [-0.25, -0.2) is 0 Å². The van der Waals surface area contributed by atoms with Gasteiger partial charge in [0.05, 0.1) is 6.61 Å². The molecule has 0 fully saturated rings. The number of hydrogen-bond donors (Lipinski definition) is 0. The second kappa shape index (κ2) is 5.71. The number of ether oxygens (including phenoxy) is 1. The summed E-state index contributed by atoms with van der Waals surface area (Å²) in [6.45, 7) is 2.44. The molecule has 0 N–H and O–H groups in total. The predicted octanol–water partition coefficient (Wildman–Crippen LogP) is 3.67. The van der Waals surface area contributed by atoms with E-state index < -0.39 is 0 Å². The number of rotatable bonds is 3. The van der Waals surface area contributed by atoms with Crippen molar-refractivity contribution in [2.75, 3.05) is 6.61 Å². The highest BCUT2D eigenvalue weighted by Crippen LogP contribution is 2.28. The van der Waals surface area contributed by atoms with Crippen LogP contribution in [-0.2, 0) is 0 Å². The number of nitrogens with zero attached hydrogens (tertiary/aromatic N) is 2. The van der Waals surface area contributed by atoms with Crippen molar-refractivity contribution in [3.63, 3.8) is 0 Å². The molecule has 0 spiro atoms. The summed E-state index contributed by atoms with van der Waals surface area (Å²) in [7, 11) is 0. The highest BCUT2D eigenvalue weighted by molar-refractivity contribution is 5.87. The zero-order valence-corrected chi connectivity index (χ0v) is 10.6. The lowest BCUT2D eigenvalue weighted by atomic mass is 10.0. The fourth-order valence-corrected chi connectivity index (χ4v) is 1.88. The number of hydrogen-bond acceptors (Lipinski definition) is 3. The van der Waals surface area contributed by atoms with Gasteiger partial charge in [0.15, 0.2) is 0 Å². The summed E-state index contributed by atoms with van der Waals surface area (Å²) >= 11 is 0. The van der Waals surface area contributed by atoms with Crippen LogP contribution in [0.25, 0.3) is 16.8 Å². The fourth-order valence-electron chi connectivity index (χ4n) is 1.88. The molecule has 0 bridgehead atoms. The third kappa shape index (κ3) is 2.73. The maximum absolute atomic E-state index is 8.84. The van der Waals surface area contributed by atoms with E-state index in [4.69, 9.17) is 15.3 Å². The minimum atomic E-state index is 0.0660. The lowest BCUT2D eigenvalue weighted by molar-refractivity contribution is 0.340. The van der Waals surface area contributed by atoms with Crippen molar-refractivity contribution in [1.29, 1.82) is 10.5 Å². The number of nitriles is 2. The van der Waals surface area contributed by atoms with Crippen molar-refractivity contribution in [3.8, 4) is 17.9 Å². The van der Waals surface area contributed by atoms with Gasteiger partial charge in [0.1, 0.15) is 23.5 Å². The quantitative estimate of drug-likeness (QED) is 0.779. The molecule has 0 heterocycles. The maximum Gasteiger partial charge on any atom is 0.130 e. The summed E-state index contributed by atoms with van der Waals surface area (Å²) in [6.07, 6.45) is 1.55. The smallest absolute Gasteiger partial charge is 0.130 e. The Bertz CT molecular complexity index is 702. The largest absolute Gasteiger partial charge is 0.493 e. The molecule has 3 heteroatoms. The first kappa shape index (κ1) is 12.7. The van der Waals surface area contributed by atoms with Crippen molar-refractivity contribution in [3.05, 3.63) is 47.5 Å². The Labute approximate surface area is 112 Å². The standard InChI is InChI=1S/C16H12N2O/c1-2-19-16-9-14-6-4-3-5-13(14)8-15(16)7-12(10-17)11-18/h3-9H,2H2,1H3. The van der Waals surface area contributed by atoms with Gasteiger partial charge < -0.3 is 4.74 Å². The Kier molecular flexibility index (Phi) is 3.81. The van der Waals surface area contributed by atoms with E-state index in [-0.39, 0.29) is 5.57 Å². The monoisotopic (exact) mass is 248 g/mol. The van der Waals surface area contributed by atoms with Crippen LogP contribution in [0.2, 0.25) is 0 Å². The van der Waals surface area contributed by atoms with Crippen LogP contribution in [0.1, 0.15) is 12.5 Å². The Hall–Kier alpha value is -2.78. The molecule has 0 aromatic heterocycles. The van der Waals surface area contributed by atoms with E-state index in [0.717, 1.165) is 16.3 Å². The Morgan fingerprint density at radius 3 is 2.37 bits per heavy atom. The molecule has 0 aliphatic carbocycles. The minimum absolute atomic E-state index is 0.0660. The van der Waals surface area contributed by atoms with Crippen LogP contribution in [0.15, 0.2) is 42.0 Å². The average molecular weight is 248 g/mol. The molecule has 3 nitrogen and oxygen atoms in total. The van der Waals surface area contributed by atoms with Gasteiger partial charge in [-0.2, -0.15) is 10.5 Å². The molecular formula is C16H12N2O. The molecule has 19 heavy (non-hydrogen) atoms. The van der Waals surface area contributed by atoms with Gasteiger partial charge in [-0.1, -0.05) is 24.3 Å². The van der Waals surface area contributed by atoms with Gasteiger partial charge in [0.25, 0.3) is 0 Å². The first-order valence-corrected chi connectivity index (χ1v) is 5.96. The van der Waals surface area contributed by atoms with Gasteiger partial charge in [-0.05, 0) is 35.9 Å². The first-order valence-electron chi connectivity index (χ1n) is 5.96. The molecule has 0 radical (unpaired) electrons. The summed E-state index contributed by atoms with van der Waals surface area (Å²) in [5.41, 5.74) is 0.815. The van der Waals surface area contributed by atoms with Gasteiger partial charge >= 0.3 is 0 Å². The van der Waals surface area contributed by atoms with E-state index in [2.05, 4.69) is 0 Å². The van der Waals surface area contributed by atoms with E-state index in [0.29, 0.717) is 12.4 Å². The summed E-state index contributed by atoms with van der Waals surface area (Å²) in [5, 5.41) is 19.8. The van der Waals surface area contributed by atoms with Gasteiger partial charge in [-0.15, -0.1) is 0 Å². The summed E-state index contributed by atoms with van der Waals surface area (Å²) in [5.74, 6) is 0.684. The third-order valence-electron chi connectivity index (χ3n) is 2.72. The van der Waals surface area contributed by atoms with Crippen LogP contribution in [-0.4, -0.2) is 6.61 Å². The van der Waals surface area contributed by atoms with E-state index in [9.17, 15) is 0 Å². The van der Waals surface area contributed by atoms with Gasteiger partial charge in [0, 0.05) is 5.56 Å². The van der Waals surface area contributed by atoms with Crippen LogP contribution in [0.4, 0.5) is 0 Å². The van der Waals surface area contributed by atoms with Crippen molar-refractivity contribution < 1.29 is 4.74 Å².